The molecule has 0 unspecified atom stereocenters. The van der Waals surface area contributed by atoms with Crippen molar-refractivity contribution < 1.29 is 47.7 Å². The number of ketones is 2. The first-order valence-corrected chi connectivity index (χ1v) is 15.2. The first kappa shape index (κ1) is 34.6. The van der Waals surface area contributed by atoms with E-state index in [4.69, 9.17) is 18.9 Å². The third kappa shape index (κ3) is 9.20. The average Bonchev–Trinajstić information content (AvgIpc) is 3.13. The summed E-state index contributed by atoms with van der Waals surface area (Å²) >= 11 is 0. The first-order chi connectivity index (χ1) is 24.0. The van der Waals surface area contributed by atoms with Crippen molar-refractivity contribution in [1.82, 2.24) is 4.98 Å². The Hall–Kier alpha value is -6.75. The number of aryl methyl sites for hydroxylation is 2. The van der Waals surface area contributed by atoms with Crippen LogP contribution in [-0.2, 0) is 9.47 Å². The molecule has 0 amide bonds. The number of rotatable bonds is 12. The minimum absolute atomic E-state index is 0.209. The van der Waals surface area contributed by atoms with Gasteiger partial charge in [0.1, 0.15) is 22.9 Å². The molecule has 0 saturated carbocycles. The molecule has 50 heavy (non-hydrogen) atoms. The van der Waals surface area contributed by atoms with Crippen molar-refractivity contribution in [1.29, 1.82) is 0 Å². The van der Waals surface area contributed by atoms with E-state index in [-0.39, 0.29) is 34.0 Å². The van der Waals surface area contributed by atoms with E-state index < -0.39 is 48.7 Å². The van der Waals surface area contributed by atoms with Crippen molar-refractivity contribution in [3.63, 3.8) is 0 Å². The summed E-state index contributed by atoms with van der Waals surface area (Å²) in [4.78, 5) is 79.0. The predicted octanol–water partition coefficient (Wildman–Crippen LogP) is 6.22. The van der Waals surface area contributed by atoms with E-state index in [1.807, 2.05) is 13.8 Å². The van der Waals surface area contributed by atoms with Crippen LogP contribution in [0.4, 0.5) is 0 Å². The number of nitrogens with zero attached hydrogens (tertiary/aromatic N) is 1. The molecule has 0 bridgehead atoms. The van der Waals surface area contributed by atoms with Gasteiger partial charge in [-0.3, -0.25) is 9.59 Å². The number of ether oxygens (including phenoxy) is 4. The third-order valence-corrected chi connectivity index (χ3v) is 7.18. The molecule has 0 atom stereocenters. The second kappa shape index (κ2) is 15.9. The molecule has 0 saturated heterocycles. The van der Waals surface area contributed by atoms with Crippen molar-refractivity contribution in [3.05, 3.63) is 160 Å². The molecule has 1 aromatic heterocycles. The Bertz CT molecular complexity index is 1900. The van der Waals surface area contributed by atoms with Gasteiger partial charge < -0.3 is 18.9 Å². The maximum absolute atomic E-state index is 12.6. The highest BCUT2D eigenvalue weighted by Crippen LogP contribution is 2.17. The van der Waals surface area contributed by atoms with Gasteiger partial charge in [-0.05, 0) is 98.8 Å². The van der Waals surface area contributed by atoms with E-state index in [1.54, 1.807) is 48.5 Å². The summed E-state index contributed by atoms with van der Waals surface area (Å²) in [6, 6.07) is 29.2. The Morgan fingerprint density at radius 2 is 0.780 bits per heavy atom. The summed E-state index contributed by atoms with van der Waals surface area (Å²) in [5, 5.41) is 0. The number of carbonyl (C=O) groups excluding carboxylic acids is 6. The van der Waals surface area contributed by atoms with Crippen LogP contribution in [0.2, 0.25) is 0 Å². The Morgan fingerprint density at radius 3 is 1.14 bits per heavy atom. The third-order valence-electron chi connectivity index (χ3n) is 7.18. The lowest BCUT2D eigenvalue weighted by atomic mass is 10.1. The smallest absolute Gasteiger partial charge is 0.357 e. The van der Waals surface area contributed by atoms with Gasteiger partial charge >= 0.3 is 23.9 Å². The molecule has 1 heterocycles. The molecule has 0 aliphatic carbocycles. The highest BCUT2D eigenvalue weighted by atomic mass is 16.5. The molecule has 0 aliphatic heterocycles. The summed E-state index contributed by atoms with van der Waals surface area (Å²) < 4.78 is 20.8. The van der Waals surface area contributed by atoms with Crippen LogP contribution in [0.25, 0.3) is 0 Å². The lowest BCUT2D eigenvalue weighted by Gasteiger charge is -2.08. The van der Waals surface area contributed by atoms with Crippen LogP contribution in [0.5, 0.6) is 11.5 Å². The highest BCUT2D eigenvalue weighted by molar-refractivity contribution is 6.01. The van der Waals surface area contributed by atoms with Gasteiger partial charge in [-0.1, -0.05) is 41.5 Å². The average molecular weight is 672 g/mol. The predicted molar refractivity (Wildman–Crippen MR) is 179 cm³/mol. The van der Waals surface area contributed by atoms with Gasteiger partial charge in [0.15, 0.2) is 24.8 Å². The zero-order valence-electron chi connectivity index (χ0n) is 26.9. The topological polar surface area (TPSA) is 152 Å². The minimum atomic E-state index is -0.962. The number of esters is 4. The van der Waals surface area contributed by atoms with Gasteiger partial charge in [0.05, 0.1) is 11.1 Å². The summed E-state index contributed by atoms with van der Waals surface area (Å²) in [7, 11) is 0. The number of hydrogen-bond donors (Lipinski definition) is 0. The van der Waals surface area contributed by atoms with Crippen molar-refractivity contribution >= 4 is 35.4 Å². The van der Waals surface area contributed by atoms with Gasteiger partial charge in [-0.2, -0.15) is 0 Å². The lowest BCUT2D eigenvalue weighted by Crippen LogP contribution is -2.18. The van der Waals surface area contributed by atoms with E-state index in [1.165, 1.54) is 66.7 Å². The fourth-order valence-corrected chi connectivity index (χ4v) is 4.37. The van der Waals surface area contributed by atoms with E-state index in [9.17, 15) is 28.8 Å². The first-order valence-electron chi connectivity index (χ1n) is 15.2. The van der Waals surface area contributed by atoms with E-state index in [2.05, 4.69) is 4.98 Å². The van der Waals surface area contributed by atoms with Gasteiger partial charge in [-0.25, -0.2) is 24.2 Å². The Labute approximate surface area is 286 Å². The molecule has 5 aromatic rings. The Kier molecular flexibility index (Phi) is 11.0. The van der Waals surface area contributed by atoms with Crippen LogP contribution in [0.1, 0.15) is 73.5 Å². The van der Waals surface area contributed by atoms with Crippen LogP contribution in [0.15, 0.2) is 115 Å². The molecular weight excluding hydrogens is 642 g/mol. The van der Waals surface area contributed by atoms with Crippen LogP contribution < -0.4 is 9.47 Å². The van der Waals surface area contributed by atoms with Crippen LogP contribution in [0.3, 0.4) is 0 Å². The zero-order valence-corrected chi connectivity index (χ0v) is 26.9. The molecule has 11 nitrogen and oxygen atoms in total. The van der Waals surface area contributed by atoms with Gasteiger partial charge in [0.2, 0.25) is 0 Å². The maximum Gasteiger partial charge on any atom is 0.357 e. The number of hydrogen-bond acceptors (Lipinski definition) is 11. The molecule has 0 spiro atoms. The monoisotopic (exact) mass is 671 g/mol. The number of carbonyl (C=O) groups is 6. The number of benzene rings is 4. The van der Waals surface area contributed by atoms with Crippen LogP contribution in [-0.4, -0.2) is 53.6 Å². The standard InChI is InChI=1S/C39H29NO10/c1-24-6-10-28(11-7-24)36(43)49-30-18-14-26(15-19-30)34(41)22-47-38(45)32-4-3-5-33(40-32)39(46)48-23-35(42)27-16-20-31(21-17-27)50-37(44)29-12-8-25(2)9-13-29/h3-21H,22-23H2,1-2H3. The summed E-state index contributed by atoms with van der Waals surface area (Å²) in [6.45, 7) is 2.57. The number of Topliss-reactive ketones (excluding diaryl/α,β-unsaturated/α-hetero) is 2. The fourth-order valence-electron chi connectivity index (χ4n) is 4.37. The summed E-state index contributed by atoms with van der Waals surface area (Å²) in [6.07, 6.45) is 0. The fraction of sp³-hybridized carbons (Fsp3) is 0.103. The lowest BCUT2D eigenvalue weighted by molar-refractivity contribution is 0.0456. The molecule has 0 N–H and O–H groups in total. The second-order valence-corrected chi connectivity index (χ2v) is 11.0. The van der Waals surface area contributed by atoms with Crippen LogP contribution >= 0.6 is 0 Å². The molecule has 4 aromatic carbocycles. The zero-order chi connectivity index (χ0) is 35.6. The van der Waals surface area contributed by atoms with Crippen molar-refractivity contribution in [2.45, 2.75) is 13.8 Å². The van der Waals surface area contributed by atoms with Crippen molar-refractivity contribution in [2.24, 2.45) is 0 Å². The quantitative estimate of drug-likeness (QED) is 0.0845. The van der Waals surface area contributed by atoms with Gasteiger partial charge in [0, 0.05) is 11.1 Å². The second-order valence-electron chi connectivity index (χ2n) is 11.0. The molecule has 0 fully saturated rings. The maximum atomic E-state index is 12.6. The molecular formula is C39H29NO10. The van der Waals surface area contributed by atoms with E-state index in [0.29, 0.717) is 11.1 Å². The van der Waals surface area contributed by atoms with Crippen LogP contribution in [0, 0.1) is 13.8 Å². The number of pyridine rings is 1. The van der Waals surface area contributed by atoms with Gasteiger partial charge in [0.25, 0.3) is 0 Å². The molecule has 5 rings (SSSR count). The number of aromatic nitrogens is 1. The largest absolute Gasteiger partial charge is 0.453 e. The normalized spacial score (nSPS) is 10.4. The molecule has 11 heteroatoms. The SMILES string of the molecule is Cc1ccc(C(=O)Oc2ccc(C(=O)COC(=O)c3cccc(C(=O)OCC(=O)c4ccc(OC(=O)c5ccc(C)cc5)cc4)n3)cc2)cc1. The Balaban J connectivity index is 1.08. The van der Waals surface area contributed by atoms with Crippen molar-refractivity contribution in [2.75, 3.05) is 13.2 Å². The van der Waals surface area contributed by atoms with E-state index in [0.717, 1.165) is 11.1 Å². The summed E-state index contributed by atoms with van der Waals surface area (Å²) in [5.41, 5.74) is 2.67. The highest BCUT2D eigenvalue weighted by Gasteiger charge is 2.18. The van der Waals surface area contributed by atoms with E-state index >= 15 is 0 Å². The van der Waals surface area contributed by atoms with Gasteiger partial charge in [-0.15, -0.1) is 0 Å². The summed E-state index contributed by atoms with van der Waals surface area (Å²) in [5.74, 6) is -3.61. The molecule has 0 radical (unpaired) electrons. The molecule has 0 aliphatic rings. The van der Waals surface area contributed by atoms with Crippen molar-refractivity contribution in [3.8, 4) is 11.5 Å². The minimum Gasteiger partial charge on any atom is -0.453 e. The molecule has 250 valence electrons. The Morgan fingerprint density at radius 1 is 0.440 bits per heavy atom.